The highest BCUT2D eigenvalue weighted by atomic mass is 14.9. The Morgan fingerprint density at radius 1 is 1.16 bits per heavy atom. The molecule has 100 valence electrons. The minimum absolute atomic E-state index is 0.547. The molecule has 19 heavy (non-hydrogen) atoms. The highest BCUT2D eigenvalue weighted by Gasteiger charge is 2.20. The van der Waals surface area contributed by atoms with E-state index in [1.165, 1.54) is 48.6 Å². The van der Waals surface area contributed by atoms with Crippen molar-refractivity contribution in [3.05, 3.63) is 36.7 Å². The predicted molar refractivity (Wildman–Crippen MR) is 81.4 cm³/mol. The Morgan fingerprint density at radius 3 is 2.84 bits per heavy atom. The van der Waals surface area contributed by atoms with Crippen LogP contribution in [-0.4, -0.2) is 11.0 Å². The van der Waals surface area contributed by atoms with Crippen molar-refractivity contribution in [2.24, 2.45) is 5.92 Å². The second kappa shape index (κ2) is 5.60. The van der Waals surface area contributed by atoms with Crippen LogP contribution in [0.2, 0.25) is 0 Å². The summed E-state index contributed by atoms with van der Waals surface area (Å²) in [6.45, 7) is 2.32. The fraction of sp³-hybridized carbons (Fsp3) is 0.471. The number of nitrogens with zero attached hydrogens (tertiary/aromatic N) is 1. The highest BCUT2D eigenvalue weighted by Crippen LogP contribution is 2.30. The lowest BCUT2D eigenvalue weighted by molar-refractivity contribution is 0.328. The second-order valence-corrected chi connectivity index (χ2v) is 5.73. The van der Waals surface area contributed by atoms with Crippen molar-refractivity contribution in [2.45, 2.75) is 45.1 Å². The molecule has 2 heteroatoms. The van der Waals surface area contributed by atoms with Crippen molar-refractivity contribution < 1.29 is 0 Å². The molecule has 0 amide bonds. The fourth-order valence-electron chi connectivity index (χ4n) is 3.24. The van der Waals surface area contributed by atoms with E-state index in [0.29, 0.717) is 6.04 Å². The van der Waals surface area contributed by atoms with Gasteiger partial charge in [-0.1, -0.05) is 31.4 Å². The first-order chi connectivity index (χ1) is 9.34. The van der Waals surface area contributed by atoms with Gasteiger partial charge in [0.15, 0.2) is 0 Å². The van der Waals surface area contributed by atoms with Gasteiger partial charge in [-0.3, -0.25) is 4.98 Å². The molecule has 1 aromatic heterocycles. The molecule has 1 aliphatic carbocycles. The molecule has 1 atom stereocenters. The molecule has 1 aromatic carbocycles. The molecule has 0 bridgehead atoms. The maximum absolute atomic E-state index is 4.25. The summed E-state index contributed by atoms with van der Waals surface area (Å²) in [6.07, 6.45) is 10.8. The number of nitrogens with one attached hydrogen (secondary N) is 1. The first kappa shape index (κ1) is 12.5. The van der Waals surface area contributed by atoms with Crippen LogP contribution in [0.5, 0.6) is 0 Å². The van der Waals surface area contributed by atoms with Gasteiger partial charge in [0.1, 0.15) is 0 Å². The van der Waals surface area contributed by atoms with Crippen molar-refractivity contribution in [1.29, 1.82) is 0 Å². The molecule has 1 N–H and O–H groups in total. The minimum Gasteiger partial charge on any atom is -0.382 e. The average molecular weight is 254 g/mol. The van der Waals surface area contributed by atoms with Crippen LogP contribution in [0.15, 0.2) is 36.7 Å². The summed E-state index contributed by atoms with van der Waals surface area (Å²) in [6, 6.07) is 9.06. The lowest BCUT2D eigenvalue weighted by atomic mass is 9.84. The SMILES string of the molecule is CC(Nc1cccc2ccncc12)C1CCCCC1. The number of pyridine rings is 1. The molecule has 0 saturated heterocycles. The number of aromatic nitrogens is 1. The van der Waals surface area contributed by atoms with E-state index in [-0.39, 0.29) is 0 Å². The highest BCUT2D eigenvalue weighted by molar-refractivity contribution is 5.93. The zero-order chi connectivity index (χ0) is 13.1. The van der Waals surface area contributed by atoms with Gasteiger partial charge < -0.3 is 5.32 Å². The number of rotatable bonds is 3. The Labute approximate surface area is 115 Å². The summed E-state index contributed by atoms with van der Waals surface area (Å²) in [5, 5.41) is 6.20. The van der Waals surface area contributed by atoms with E-state index in [1.807, 2.05) is 12.4 Å². The van der Waals surface area contributed by atoms with Crippen LogP contribution in [0.1, 0.15) is 39.0 Å². The molecule has 2 nitrogen and oxygen atoms in total. The summed E-state index contributed by atoms with van der Waals surface area (Å²) in [7, 11) is 0. The first-order valence-corrected chi connectivity index (χ1v) is 7.44. The Morgan fingerprint density at radius 2 is 2.00 bits per heavy atom. The van der Waals surface area contributed by atoms with Crippen LogP contribution >= 0.6 is 0 Å². The second-order valence-electron chi connectivity index (χ2n) is 5.73. The third-order valence-electron chi connectivity index (χ3n) is 4.42. The molecule has 0 radical (unpaired) electrons. The summed E-state index contributed by atoms with van der Waals surface area (Å²) < 4.78 is 0. The number of hydrogen-bond donors (Lipinski definition) is 1. The van der Waals surface area contributed by atoms with Gasteiger partial charge in [-0.05, 0) is 43.2 Å². The van der Waals surface area contributed by atoms with Gasteiger partial charge in [0.25, 0.3) is 0 Å². The molecule has 1 fully saturated rings. The van der Waals surface area contributed by atoms with Crippen molar-refractivity contribution in [3.8, 4) is 0 Å². The third kappa shape index (κ3) is 2.73. The summed E-state index contributed by atoms with van der Waals surface area (Å²) >= 11 is 0. The molecule has 1 heterocycles. The van der Waals surface area contributed by atoms with Crippen LogP contribution in [0.3, 0.4) is 0 Å². The van der Waals surface area contributed by atoms with Crippen LogP contribution in [0.4, 0.5) is 5.69 Å². The average Bonchev–Trinajstić information content (AvgIpc) is 2.48. The maximum Gasteiger partial charge on any atom is 0.0437 e. The third-order valence-corrected chi connectivity index (χ3v) is 4.42. The summed E-state index contributed by atoms with van der Waals surface area (Å²) in [5.41, 5.74) is 1.23. The van der Waals surface area contributed by atoms with Gasteiger partial charge in [-0.2, -0.15) is 0 Å². The molecule has 0 aliphatic heterocycles. The van der Waals surface area contributed by atoms with Gasteiger partial charge in [0, 0.05) is 29.5 Å². The van der Waals surface area contributed by atoms with Gasteiger partial charge in [-0.15, -0.1) is 0 Å². The lowest BCUT2D eigenvalue weighted by Crippen LogP contribution is -2.27. The number of hydrogen-bond acceptors (Lipinski definition) is 2. The molecule has 2 aromatic rings. The maximum atomic E-state index is 4.25. The summed E-state index contributed by atoms with van der Waals surface area (Å²) in [5.74, 6) is 0.820. The van der Waals surface area contributed by atoms with Crippen LogP contribution in [-0.2, 0) is 0 Å². The van der Waals surface area contributed by atoms with E-state index in [0.717, 1.165) is 5.92 Å². The molecule has 1 aliphatic rings. The van der Waals surface area contributed by atoms with Crippen molar-refractivity contribution >= 4 is 16.5 Å². The van der Waals surface area contributed by atoms with Gasteiger partial charge in [0.2, 0.25) is 0 Å². The standard InChI is InChI=1S/C17H22N2/c1-13(14-6-3-2-4-7-14)19-17-9-5-8-15-10-11-18-12-16(15)17/h5,8-14,19H,2-4,6-7H2,1H3. The molecular weight excluding hydrogens is 232 g/mol. The molecule has 3 rings (SSSR count). The predicted octanol–water partition coefficient (Wildman–Crippen LogP) is 4.62. The van der Waals surface area contributed by atoms with Gasteiger partial charge >= 0.3 is 0 Å². The van der Waals surface area contributed by atoms with E-state index in [4.69, 9.17) is 0 Å². The Hall–Kier alpha value is -1.57. The summed E-state index contributed by atoms with van der Waals surface area (Å²) in [4.78, 5) is 4.25. The molecule has 1 unspecified atom stereocenters. The van der Waals surface area contributed by atoms with Crippen molar-refractivity contribution in [2.75, 3.05) is 5.32 Å². The largest absolute Gasteiger partial charge is 0.382 e. The van der Waals surface area contributed by atoms with Crippen LogP contribution in [0.25, 0.3) is 10.8 Å². The minimum atomic E-state index is 0.547. The smallest absolute Gasteiger partial charge is 0.0437 e. The van der Waals surface area contributed by atoms with E-state index < -0.39 is 0 Å². The Bertz CT molecular complexity index is 538. The van der Waals surface area contributed by atoms with E-state index in [1.54, 1.807) is 0 Å². The zero-order valence-corrected chi connectivity index (χ0v) is 11.6. The van der Waals surface area contributed by atoms with Crippen molar-refractivity contribution in [1.82, 2.24) is 4.98 Å². The number of anilines is 1. The van der Waals surface area contributed by atoms with Crippen LogP contribution in [0, 0.1) is 5.92 Å². The fourth-order valence-corrected chi connectivity index (χ4v) is 3.24. The first-order valence-electron chi connectivity index (χ1n) is 7.44. The van der Waals surface area contributed by atoms with Gasteiger partial charge in [0.05, 0.1) is 0 Å². The Balaban J connectivity index is 1.80. The van der Waals surface area contributed by atoms with Crippen LogP contribution < -0.4 is 5.32 Å². The van der Waals surface area contributed by atoms with E-state index >= 15 is 0 Å². The normalized spacial score (nSPS) is 18.4. The quantitative estimate of drug-likeness (QED) is 0.864. The van der Waals surface area contributed by atoms with Crippen molar-refractivity contribution in [3.63, 3.8) is 0 Å². The van der Waals surface area contributed by atoms with E-state index in [9.17, 15) is 0 Å². The molecule has 1 saturated carbocycles. The monoisotopic (exact) mass is 254 g/mol. The lowest BCUT2D eigenvalue weighted by Gasteiger charge is -2.29. The zero-order valence-electron chi connectivity index (χ0n) is 11.6. The van der Waals surface area contributed by atoms with Gasteiger partial charge in [-0.25, -0.2) is 0 Å². The Kier molecular flexibility index (Phi) is 3.67. The molecule has 0 spiro atoms. The molecular formula is C17H22N2. The van der Waals surface area contributed by atoms with E-state index in [2.05, 4.69) is 41.5 Å². The number of benzene rings is 1. The number of fused-ring (bicyclic) bond motifs is 1. The topological polar surface area (TPSA) is 24.9 Å².